The number of anilines is 1. The number of ether oxygens (including phenoxy) is 2. The Kier molecular flexibility index (Phi) is 5.41. The Morgan fingerprint density at radius 3 is 2.65 bits per heavy atom. The minimum Gasteiger partial charge on any atom is -0.462 e. The van der Waals surface area contributed by atoms with Gasteiger partial charge in [0.05, 0.1) is 12.5 Å². The molecule has 138 valence electrons. The maximum atomic E-state index is 12.4. The van der Waals surface area contributed by atoms with Crippen molar-refractivity contribution < 1.29 is 28.3 Å². The summed E-state index contributed by atoms with van der Waals surface area (Å²) in [5.41, 5.74) is 0.778. The Hall–Kier alpha value is -2.61. The molecule has 2 aromatic heterocycles. The summed E-state index contributed by atoms with van der Waals surface area (Å²) in [5.74, 6) is -0.269. The van der Waals surface area contributed by atoms with Gasteiger partial charge >= 0.3 is 11.9 Å². The molecule has 1 aliphatic rings. The summed E-state index contributed by atoms with van der Waals surface area (Å²) < 4.78 is 15.7. The van der Waals surface area contributed by atoms with Crippen molar-refractivity contribution in [2.75, 3.05) is 18.5 Å². The summed E-state index contributed by atoms with van der Waals surface area (Å²) in [6.45, 7) is 3.33. The van der Waals surface area contributed by atoms with Gasteiger partial charge in [-0.3, -0.25) is 9.59 Å². The molecule has 0 atom stereocenters. The summed E-state index contributed by atoms with van der Waals surface area (Å²) in [6, 6.07) is 3.54. The number of rotatable bonds is 7. The molecule has 2 heterocycles. The lowest BCUT2D eigenvalue weighted by Crippen LogP contribution is -2.22. The van der Waals surface area contributed by atoms with E-state index >= 15 is 0 Å². The van der Waals surface area contributed by atoms with Crippen molar-refractivity contribution in [3.05, 3.63) is 28.8 Å². The number of hydrogen-bond acceptors (Lipinski definition) is 7. The maximum Gasteiger partial charge on any atom is 0.341 e. The van der Waals surface area contributed by atoms with Gasteiger partial charge in [-0.2, -0.15) is 0 Å². The molecule has 1 aliphatic carbocycles. The van der Waals surface area contributed by atoms with E-state index in [4.69, 9.17) is 13.9 Å². The van der Waals surface area contributed by atoms with Gasteiger partial charge in [0.2, 0.25) is 0 Å². The van der Waals surface area contributed by atoms with Crippen LogP contribution in [0, 0.1) is 12.8 Å². The van der Waals surface area contributed by atoms with Crippen molar-refractivity contribution in [3.63, 3.8) is 0 Å². The highest BCUT2D eigenvalue weighted by Crippen LogP contribution is 2.37. The minimum atomic E-state index is -0.553. The largest absolute Gasteiger partial charge is 0.462 e. The first kappa shape index (κ1) is 18.2. The normalized spacial score (nSPS) is 13.3. The standard InChI is InChI=1S/C18H19NO6S/c1-3-23-18(22)15-12(13-7-4-10(2)25-13)9-26-16(15)19-14(20)8-24-17(21)11-5-6-11/h4,7,9,11H,3,5-6,8H2,1-2H3,(H,19,20). The third-order valence-corrected chi connectivity index (χ3v) is 4.68. The van der Waals surface area contributed by atoms with Crippen LogP contribution in [0.5, 0.6) is 0 Å². The van der Waals surface area contributed by atoms with E-state index in [9.17, 15) is 14.4 Å². The molecular weight excluding hydrogens is 358 g/mol. The van der Waals surface area contributed by atoms with E-state index < -0.39 is 11.9 Å². The number of carbonyl (C=O) groups is 3. The second-order valence-electron chi connectivity index (χ2n) is 5.91. The molecule has 2 aromatic rings. The lowest BCUT2D eigenvalue weighted by Gasteiger charge is -2.08. The van der Waals surface area contributed by atoms with Gasteiger partial charge in [0.1, 0.15) is 22.1 Å². The van der Waals surface area contributed by atoms with E-state index in [1.807, 2.05) is 0 Å². The molecule has 0 aromatic carbocycles. The highest BCUT2D eigenvalue weighted by molar-refractivity contribution is 7.15. The SMILES string of the molecule is CCOC(=O)c1c(-c2ccc(C)o2)csc1NC(=O)COC(=O)C1CC1. The first-order chi connectivity index (χ1) is 12.5. The molecule has 0 spiro atoms. The molecular formula is C18H19NO6S. The first-order valence-electron chi connectivity index (χ1n) is 8.31. The third kappa shape index (κ3) is 4.13. The number of nitrogens with one attached hydrogen (secondary N) is 1. The molecule has 1 fully saturated rings. The van der Waals surface area contributed by atoms with Crippen LogP contribution in [0.2, 0.25) is 0 Å². The smallest absolute Gasteiger partial charge is 0.341 e. The third-order valence-electron chi connectivity index (χ3n) is 3.79. The lowest BCUT2D eigenvalue weighted by molar-refractivity contribution is -0.148. The van der Waals surface area contributed by atoms with Gasteiger partial charge in [0, 0.05) is 10.9 Å². The van der Waals surface area contributed by atoms with Crippen LogP contribution in [0.1, 0.15) is 35.9 Å². The Labute approximate surface area is 154 Å². The van der Waals surface area contributed by atoms with Crippen molar-refractivity contribution >= 4 is 34.2 Å². The van der Waals surface area contributed by atoms with Crippen LogP contribution in [0.25, 0.3) is 11.3 Å². The molecule has 0 unspecified atom stereocenters. The fraction of sp³-hybridized carbons (Fsp3) is 0.389. The van der Waals surface area contributed by atoms with E-state index in [1.54, 1.807) is 31.4 Å². The number of esters is 2. The molecule has 1 saturated carbocycles. The van der Waals surface area contributed by atoms with Crippen LogP contribution < -0.4 is 5.32 Å². The number of hydrogen-bond donors (Lipinski definition) is 1. The van der Waals surface area contributed by atoms with E-state index in [0.717, 1.165) is 12.8 Å². The molecule has 0 radical (unpaired) electrons. The average Bonchev–Trinajstić information content (AvgIpc) is 3.25. The number of amides is 1. The lowest BCUT2D eigenvalue weighted by atomic mass is 10.1. The van der Waals surface area contributed by atoms with Gasteiger partial charge in [-0.05, 0) is 38.8 Å². The molecule has 1 amide bonds. The Morgan fingerprint density at radius 1 is 1.27 bits per heavy atom. The Balaban J connectivity index is 1.77. The molecule has 0 bridgehead atoms. The van der Waals surface area contributed by atoms with Gasteiger partial charge in [-0.15, -0.1) is 11.3 Å². The zero-order chi connectivity index (χ0) is 18.7. The summed E-state index contributed by atoms with van der Waals surface area (Å²) >= 11 is 1.18. The summed E-state index contributed by atoms with van der Waals surface area (Å²) in [7, 11) is 0. The van der Waals surface area contributed by atoms with Crippen LogP contribution in [0.4, 0.5) is 5.00 Å². The first-order valence-corrected chi connectivity index (χ1v) is 9.19. The maximum absolute atomic E-state index is 12.4. The van der Waals surface area contributed by atoms with Gasteiger partial charge < -0.3 is 19.2 Å². The van der Waals surface area contributed by atoms with Crippen LogP contribution in [0.15, 0.2) is 21.9 Å². The number of furan rings is 1. The second-order valence-corrected chi connectivity index (χ2v) is 6.79. The van der Waals surface area contributed by atoms with Gasteiger partial charge in [-0.1, -0.05) is 0 Å². The van der Waals surface area contributed by atoms with Gasteiger partial charge in [0.15, 0.2) is 6.61 Å². The van der Waals surface area contributed by atoms with Crippen molar-refractivity contribution in [1.29, 1.82) is 0 Å². The fourth-order valence-electron chi connectivity index (χ4n) is 2.35. The molecule has 0 aliphatic heterocycles. The van der Waals surface area contributed by atoms with Crippen LogP contribution >= 0.6 is 11.3 Å². The fourth-order valence-corrected chi connectivity index (χ4v) is 3.31. The van der Waals surface area contributed by atoms with Crippen molar-refractivity contribution in [2.45, 2.75) is 26.7 Å². The number of aryl methyl sites for hydroxylation is 1. The molecule has 8 heteroatoms. The predicted octanol–water partition coefficient (Wildman–Crippen LogP) is 3.38. The van der Waals surface area contributed by atoms with Crippen LogP contribution in [-0.4, -0.2) is 31.1 Å². The van der Waals surface area contributed by atoms with Crippen molar-refractivity contribution in [1.82, 2.24) is 0 Å². The van der Waals surface area contributed by atoms with Crippen molar-refractivity contribution in [2.24, 2.45) is 5.92 Å². The van der Waals surface area contributed by atoms with E-state index in [-0.39, 0.29) is 30.7 Å². The topological polar surface area (TPSA) is 94.8 Å². The quantitative estimate of drug-likeness (QED) is 0.743. The molecule has 3 rings (SSSR count). The molecule has 26 heavy (non-hydrogen) atoms. The van der Waals surface area contributed by atoms with Crippen LogP contribution in [0.3, 0.4) is 0 Å². The highest BCUT2D eigenvalue weighted by Gasteiger charge is 2.31. The summed E-state index contributed by atoms with van der Waals surface area (Å²) in [6.07, 6.45) is 1.62. The van der Waals surface area contributed by atoms with E-state index in [1.165, 1.54) is 11.3 Å². The Morgan fingerprint density at radius 2 is 2.04 bits per heavy atom. The van der Waals surface area contributed by atoms with Gasteiger partial charge in [0.25, 0.3) is 5.91 Å². The Bertz CT molecular complexity index is 833. The molecule has 1 N–H and O–H groups in total. The number of carbonyl (C=O) groups excluding carboxylic acids is 3. The number of thiophene rings is 1. The van der Waals surface area contributed by atoms with Crippen LogP contribution in [-0.2, 0) is 19.1 Å². The van der Waals surface area contributed by atoms with Crippen molar-refractivity contribution in [3.8, 4) is 11.3 Å². The summed E-state index contributed by atoms with van der Waals surface area (Å²) in [5, 5.41) is 4.67. The predicted molar refractivity (Wildman–Crippen MR) is 95.0 cm³/mol. The molecule has 7 nitrogen and oxygen atoms in total. The van der Waals surface area contributed by atoms with E-state index in [2.05, 4.69) is 5.32 Å². The zero-order valence-electron chi connectivity index (χ0n) is 14.5. The monoisotopic (exact) mass is 377 g/mol. The zero-order valence-corrected chi connectivity index (χ0v) is 15.3. The highest BCUT2D eigenvalue weighted by atomic mass is 32.1. The van der Waals surface area contributed by atoms with E-state index in [0.29, 0.717) is 22.1 Å². The summed E-state index contributed by atoms with van der Waals surface area (Å²) in [4.78, 5) is 36.0. The molecule has 0 saturated heterocycles. The average molecular weight is 377 g/mol. The second kappa shape index (κ2) is 7.74. The van der Waals surface area contributed by atoms with Gasteiger partial charge in [-0.25, -0.2) is 4.79 Å². The minimum absolute atomic E-state index is 0.0755.